The summed E-state index contributed by atoms with van der Waals surface area (Å²) >= 11 is 5.77. The maximum Gasteiger partial charge on any atom is 0.344 e. The maximum atomic E-state index is 12.1. The largest absolute Gasteiger partial charge is 0.482 e. The molecule has 1 atom stereocenters. The van der Waals surface area contributed by atoms with Crippen molar-refractivity contribution < 1.29 is 19.1 Å². The number of carbonyl (C=O) groups is 2. The van der Waals surface area contributed by atoms with Crippen LogP contribution in [0.2, 0.25) is 5.02 Å². The third-order valence-electron chi connectivity index (χ3n) is 3.15. The lowest BCUT2D eigenvalue weighted by Gasteiger charge is -2.13. The molecule has 2 aromatic rings. The number of hydrogen-bond acceptors (Lipinski definition) is 5. The Balaban J connectivity index is 1.85. The number of esters is 1. The van der Waals surface area contributed by atoms with E-state index in [-0.39, 0.29) is 12.4 Å². The van der Waals surface area contributed by atoms with Gasteiger partial charge >= 0.3 is 5.97 Å². The van der Waals surface area contributed by atoms with Crippen LogP contribution in [0.1, 0.15) is 22.8 Å². The highest BCUT2D eigenvalue weighted by Gasteiger charge is 2.19. The first-order valence-electron chi connectivity index (χ1n) is 7.12. The number of nitriles is 1. The Hall–Kier alpha value is -2.84. The van der Waals surface area contributed by atoms with Gasteiger partial charge in [0.1, 0.15) is 5.75 Å². The number of carbonyl (C=O) groups excluding carboxylic acids is 2. The fourth-order valence-corrected chi connectivity index (χ4v) is 2.03. The molecule has 0 aliphatic carbocycles. The van der Waals surface area contributed by atoms with E-state index < -0.39 is 12.1 Å². The minimum Gasteiger partial charge on any atom is -0.482 e. The highest BCUT2D eigenvalue weighted by atomic mass is 35.5. The molecule has 24 heavy (non-hydrogen) atoms. The molecule has 0 spiro atoms. The zero-order chi connectivity index (χ0) is 17.5. The van der Waals surface area contributed by atoms with Crippen molar-refractivity contribution in [3.05, 3.63) is 64.7 Å². The molecule has 5 nitrogen and oxygen atoms in total. The van der Waals surface area contributed by atoms with Gasteiger partial charge in [-0.05, 0) is 55.5 Å². The summed E-state index contributed by atoms with van der Waals surface area (Å²) < 4.78 is 10.3. The maximum absolute atomic E-state index is 12.1. The van der Waals surface area contributed by atoms with Gasteiger partial charge in [0.05, 0.1) is 11.6 Å². The van der Waals surface area contributed by atoms with Gasteiger partial charge in [-0.25, -0.2) is 4.79 Å². The molecule has 0 fully saturated rings. The SMILES string of the molecule is C[C@H](OC(=O)COc1ccc(C#N)cc1)C(=O)c1ccc(Cl)cc1. The van der Waals surface area contributed by atoms with E-state index in [0.717, 1.165) is 0 Å². The number of hydrogen-bond donors (Lipinski definition) is 0. The fourth-order valence-electron chi connectivity index (χ4n) is 1.90. The van der Waals surface area contributed by atoms with Crippen LogP contribution < -0.4 is 4.74 Å². The Morgan fingerprint density at radius 3 is 2.33 bits per heavy atom. The summed E-state index contributed by atoms with van der Waals surface area (Å²) in [6, 6.07) is 14.6. The summed E-state index contributed by atoms with van der Waals surface area (Å²) in [6.07, 6.45) is -0.928. The molecule has 0 aliphatic heterocycles. The van der Waals surface area contributed by atoms with Crippen LogP contribution in [0.5, 0.6) is 5.75 Å². The summed E-state index contributed by atoms with van der Waals surface area (Å²) in [5.41, 5.74) is 0.903. The van der Waals surface area contributed by atoms with Gasteiger partial charge in [-0.2, -0.15) is 5.26 Å². The second-order valence-electron chi connectivity index (χ2n) is 4.93. The molecule has 0 heterocycles. The van der Waals surface area contributed by atoms with Crippen molar-refractivity contribution in [1.29, 1.82) is 5.26 Å². The van der Waals surface area contributed by atoms with Gasteiger partial charge in [0.25, 0.3) is 0 Å². The van der Waals surface area contributed by atoms with Crippen molar-refractivity contribution in [2.45, 2.75) is 13.0 Å². The van der Waals surface area contributed by atoms with E-state index in [0.29, 0.717) is 21.9 Å². The van der Waals surface area contributed by atoms with Crippen molar-refractivity contribution in [3.63, 3.8) is 0 Å². The second-order valence-corrected chi connectivity index (χ2v) is 5.36. The van der Waals surface area contributed by atoms with Crippen LogP contribution in [0.3, 0.4) is 0 Å². The summed E-state index contributed by atoms with van der Waals surface area (Å²) in [7, 11) is 0. The molecule has 0 radical (unpaired) electrons. The molecule has 0 bridgehead atoms. The van der Waals surface area contributed by atoms with Crippen LogP contribution in [-0.2, 0) is 9.53 Å². The first-order chi connectivity index (χ1) is 11.5. The molecule has 0 amide bonds. The van der Waals surface area contributed by atoms with E-state index >= 15 is 0 Å². The lowest BCUT2D eigenvalue weighted by Crippen LogP contribution is -2.27. The topological polar surface area (TPSA) is 76.4 Å². The molecule has 2 aromatic carbocycles. The first-order valence-corrected chi connectivity index (χ1v) is 7.49. The number of Topliss-reactive ketones (excluding diaryl/α,β-unsaturated/α-hetero) is 1. The van der Waals surface area contributed by atoms with Gasteiger partial charge < -0.3 is 9.47 Å². The third kappa shape index (κ3) is 4.83. The highest BCUT2D eigenvalue weighted by molar-refractivity contribution is 6.30. The average molecular weight is 344 g/mol. The number of nitrogens with zero attached hydrogens (tertiary/aromatic N) is 1. The molecule has 0 unspecified atom stereocenters. The first kappa shape index (κ1) is 17.5. The van der Waals surface area contributed by atoms with Gasteiger partial charge in [-0.15, -0.1) is 0 Å². The number of halogens is 1. The molecular weight excluding hydrogens is 330 g/mol. The van der Waals surface area contributed by atoms with Crippen LogP contribution in [0.15, 0.2) is 48.5 Å². The molecular formula is C18H14ClNO4. The summed E-state index contributed by atoms with van der Waals surface area (Å²) in [6.45, 7) is 1.17. The molecule has 0 saturated carbocycles. The van der Waals surface area contributed by atoms with E-state index in [2.05, 4.69) is 0 Å². The number of rotatable bonds is 6. The van der Waals surface area contributed by atoms with E-state index in [1.165, 1.54) is 6.92 Å². The fraction of sp³-hybridized carbons (Fsp3) is 0.167. The zero-order valence-corrected chi connectivity index (χ0v) is 13.6. The summed E-state index contributed by atoms with van der Waals surface area (Å²) in [5.74, 6) is -0.546. The standard InChI is InChI=1S/C18H14ClNO4/c1-12(18(22)14-4-6-15(19)7-5-14)24-17(21)11-23-16-8-2-13(10-20)3-9-16/h2-9,12H,11H2,1H3/t12-/m0/s1. The predicted molar refractivity (Wildman–Crippen MR) is 88.0 cm³/mol. The Morgan fingerprint density at radius 2 is 1.75 bits per heavy atom. The normalized spacial score (nSPS) is 11.2. The van der Waals surface area contributed by atoms with Crippen molar-refractivity contribution in [2.75, 3.05) is 6.61 Å². The number of benzene rings is 2. The Morgan fingerprint density at radius 1 is 1.12 bits per heavy atom. The van der Waals surface area contributed by atoms with Crippen molar-refractivity contribution >= 4 is 23.4 Å². The number of ether oxygens (including phenoxy) is 2. The van der Waals surface area contributed by atoms with Gasteiger partial charge in [-0.1, -0.05) is 11.6 Å². The van der Waals surface area contributed by atoms with Crippen molar-refractivity contribution in [2.24, 2.45) is 0 Å². The van der Waals surface area contributed by atoms with Gasteiger partial charge in [0, 0.05) is 10.6 Å². The van der Waals surface area contributed by atoms with E-state index in [1.54, 1.807) is 48.5 Å². The molecule has 0 aromatic heterocycles. The quantitative estimate of drug-likeness (QED) is 0.593. The average Bonchev–Trinajstić information content (AvgIpc) is 2.60. The van der Waals surface area contributed by atoms with Gasteiger partial charge in [0.2, 0.25) is 5.78 Å². The van der Waals surface area contributed by atoms with Crippen molar-refractivity contribution in [3.8, 4) is 11.8 Å². The predicted octanol–water partition coefficient (Wildman–Crippen LogP) is 3.41. The monoisotopic (exact) mass is 343 g/mol. The molecule has 0 N–H and O–H groups in total. The lowest BCUT2D eigenvalue weighted by molar-refractivity contribution is -0.148. The van der Waals surface area contributed by atoms with E-state index in [9.17, 15) is 9.59 Å². The van der Waals surface area contributed by atoms with Crippen LogP contribution in [0.4, 0.5) is 0 Å². The summed E-state index contributed by atoms with van der Waals surface area (Å²) in [4.78, 5) is 23.9. The van der Waals surface area contributed by atoms with Crippen LogP contribution in [-0.4, -0.2) is 24.5 Å². The van der Waals surface area contributed by atoms with Crippen LogP contribution in [0.25, 0.3) is 0 Å². The third-order valence-corrected chi connectivity index (χ3v) is 3.40. The molecule has 0 saturated heterocycles. The molecule has 0 aliphatic rings. The zero-order valence-electron chi connectivity index (χ0n) is 12.9. The minimum absolute atomic E-state index is 0.321. The van der Waals surface area contributed by atoms with E-state index in [1.807, 2.05) is 6.07 Å². The van der Waals surface area contributed by atoms with Crippen LogP contribution >= 0.6 is 11.6 Å². The molecule has 2 rings (SSSR count). The Labute approximate surface area is 144 Å². The molecule has 122 valence electrons. The number of ketones is 1. The minimum atomic E-state index is -0.928. The Bertz CT molecular complexity index is 763. The van der Waals surface area contributed by atoms with Crippen molar-refractivity contribution in [1.82, 2.24) is 0 Å². The Kier molecular flexibility index (Phi) is 5.94. The van der Waals surface area contributed by atoms with Gasteiger partial charge in [0.15, 0.2) is 12.7 Å². The van der Waals surface area contributed by atoms with Crippen LogP contribution in [0, 0.1) is 11.3 Å². The smallest absolute Gasteiger partial charge is 0.344 e. The second kappa shape index (κ2) is 8.14. The van der Waals surface area contributed by atoms with Gasteiger partial charge in [-0.3, -0.25) is 4.79 Å². The highest BCUT2D eigenvalue weighted by Crippen LogP contribution is 2.13. The lowest BCUT2D eigenvalue weighted by atomic mass is 10.1. The van der Waals surface area contributed by atoms with E-state index in [4.69, 9.17) is 26.3 Å². The summed E-state index contributed by atoms with van der Waals surface area (Å²) in [5, 5.41) is 9.22. The molecule has 6 heteroatoms.